The lowest BCUT2D eigenvalue weighted by atomic mass is 9.86. The molecule has 104 valence electrons. The lowest BCUT2D eigenvalue weighted by Crippen LogP contribution is -2.16. The number of aromatic amines is 1. The Labute approximate surface area is 111 Å². The monoisotopic (exact) mass is 265 g/mol. The van der Waals surface area contributed by atoms with Gasteiger partial charge in [0.2, 0.25) is 5.91 Å². The number of anilines is 1. The van der Waals surface area contributed by atoms with Crippen molar-refractivity contribution in [2.75, 3.05) is 5.32 Å². The molecule has 6 nitrogen and oxygen atoms in total. The van der Waals surface area contributed by atoms with Crippen molar-refractivity contribution in [3.8, 4) is 0 Å². The maximum absolute atomic E-state index is 11.8. The molecule has 1 heterocycles. The zero-order chi connectivity index (χ0) is 13.7. The van der Waals surface area contributed by atoms with Crippen molar-refractivity contribution in [3.63, 3.8) is 0 Å². The molecule has 1 aromatic heterocycles. The Kier molecular flexibility index (Phi) is 4.54. The molecule has 1 saturated carbocycles. The number of hydrogen-bond donors (Lipinski definition) is 3. The minimum absolute atomic E-state index is 0.00832. The normalized spacial score (nSPS) is 16.2. The fourth-order valence-corrected chi connectivity index (χ4v) is 2.56. The van der Waals surface area contributed by atoms with Gasteiger partial charge in [-0.25, -0.2) is 4.79 Å². The third-order valence-corrected chi connectivity index (χ3v) is 3.64. The van der Waals surface area contributed by atoms with Crippen LogP contribution in [0.1, 0.15) is 55.3 Å². The smallest absolute Gasteiger partial charge is 0.341 e. The van der Waals surface area contributed by atoms with E-state index in [9.17, 15) is 9.59 Å². The van der Waals surface area contributed by atoms with Crippen LogP contribution in [0.15, 0.2) is 6.20 Å². The molecule has 1 aliphatic rings. The number of H-pyrrole nitrogens is 1. The largest absolute Gasteiger partial charge is 0.477 e. The first-order valence-electron chi connectivity index (χ1n) is 6.73. The Morgan fingerprint density at radius 1 is 1.37 bits per heavy atom. The Morgan fingerprint density at radius 2 is 2.11 bits per heavy atom. The van der Waals surface area contributed by atoms with Gasteiger partial charge >= 0.3 is 5.97 Å². The van der Waals surface area contributed by atoms with E-state index in [1.165, 1.54) is 38.3 Å². The number of carbonyl (C=O) groups excluding carboxylic acids is 1. The number of nitrogens with one attached hydrogen (secondary N) is 2. The van der Waals surface area contributed by atoms with E-state index in [2.05, 4.69) is 15.5 Å². The number of rotatable bonds is 5. The number of hydrogen-bond acceptors (Lipinski definition) is 3. The van der Waals surface area contributed by atoms with Crippen LogP contribution in [0.2, 0.25) is 0 Å². The summed E-state index contributed by atoms with van der Waals surface area (Å²) in [5.74, 6) is -0.449. The van der Waals surface area contributed by atoms with E-state index in [1.807, 2.05) is 0 Å². The molecule has 0 bridgehead atoms. The van der Waals surface area contributed by atoms with Crippen LogP contribution < -0.4 is 5.32 Å². The van der Waals surface area contributed by atoms with Crippen molar-refractivity contribution >= 4 is 17.7 Å². The summed E-state index contributed by atoms with van der Waals surface area (Å²) in [4.78, 5) is 22.6. The molecule has 0 aromatic carbocycles. The molecule has 1 aliphatic carbocycles. The van der Waals surface area contributed by atoms with Gasteiger partial charge in [0.25, 0.3) is 0 Å². The van der Waals surface area contributed by atoms with Crippen LogP contribution in [0.25, 0.3) is 0 Å². The summed E-state index contributed by atoms with van der Waals surface area (Å²) >= 11 is 0. The molecular formula is C13H19N3O3. The molecule has 1 aromatic rings. The molecule has 0 unspecified atom stereocenters. The third kappa shape index (κ3) is 3.81. The molecule has 3 N–H and O–H groups in total. The number of amides is 1. The molecule has 1 fully saturated rings. The van der Waals surface area contributed by atoms with Crippen LogP contribution >= 0.6 is 0 Å². The van der Waals surface area contributed by atoms with Gasteiger partial charge in [-0.3, -0.25) is 9.89 Å². The van der Waals surface area contributed by atoms with E-state index >= 15 is 0 Å². The number of carboxylic acid groups (broad SMARTS) is 1. The van der Waals surface area contributed by atoms with E-state index in [0.717, 1.165) is 6.42 Å². The van der Waals surface area contributed by atoms with E-state index in [1.54, 1.807) is 0 Å². The summed E-state index contributed by atoms with van der Waals surface area (Å²) in [5.41, 5.74) is -0.00832. The second-order valence-electron chi connectivity index (χ2n) is 5.05. The second kappa shape index (κ2) is 6.36. The predicted molar refractivity (Wildman–Crippen MR) is 70.0 cm³/mol. The maximum atomic E-state index is 11.8. The lowest BCUT2D eigenvalue weighted by molar-refractivity contribution is -0.116. The number of carbonyl (C=O) groups is 2. The van der Waals surface area contributed by atoms with Gasteiger partial charge in [0.1, 0.15) is 11.4 Å². The van der Waals surface area contributed by atoms with Crippen LogP contribution in [0, 0.1) is 5.92 Å². The van der Waals surface area contributed by atoms with Crippen LogP contribution in [0.3, 0.4) is 0 Å². The zero-order valence-electron chi connectivity index (χ0n) is 10.8. The zero-order valence-corrected chi connectivity index (χ0v) is 10.8. The highest BCUT2D eigenvalue weighted by molar-refractivity contribution is 5.98. The molecule has 0 atom stereocenters. The molecular weight excluding hydrogens is 246 g/mol. The van der Waals surface area contributed by atoms with Crippen molar-refractivity contribution in [1.29, 1.82) is 0 Å². The Morgan fingerprint density at radius 3 is 2.79 bits per heavy atom. The molecule has 6 heteroatoms. The van der Waals surface area contributed by atoms with E-state index in [-0.39, 0.29) is 17.3 Å². The van der Waals surface area contributed by atoms with Crippen LogP contribution in [0.4, 0.5) is 5.82 Å². The average molecular weight is 265 g/mol. The fourth-order valence-electron chi connectivity index (χ4n) is 2.56. The topological polar surface area (TPSA) is 95.1 Å². The molecule has 0 radical (unpaired) electrons. The highest BCUT2D eigenvalue weighted by Crippen LogP contribution is 2.27. The van der Waals surface area contributed by atoms with Crippen molar-refractivity contribution in [1.82, 2.24) is 10.2 Å². The highest BCUT2D eigenvalue weighted by Gasteiger charge is 2.17. The first-order valence-corrected chi connectivity index (χ1v) is 6.73. The van der Waals surface area contributed by atoms with Crippen LogP contribution in [0.5, 0.6) is 0 Å². The molecule has 1 amide bonds. The standard InChI is InChI=1S/C13H19N3O3/c17-11(7-6-9-4-2-1-3-5-9)15-12-10(13(18)19)8-14-16-12/h8-9H,1-7H2,(H,18,19)(H2,14,15,16,17). The van der Waals surface area contributed by atoms with E-state index in [4.69, 9.17) is 5.11 Å². The van der Waals surface area contributed by atoms with Crippen molar-refractivity contribution in [2.24, 2.45) is 5.92 Å². The molecule has 0 aliphatic heterocycles. The van der Waals surface area contributed by atoms with Crippen LogP contribution in [-0.2, 0) is 4.79 Å². The minimum atomic E-state index is -1.10. The third-order valence-electron chi connectivity index (χ3n) is 3.64. The summed E-state index contributed by atoms with van der Waals surface area (Å²) in [6.07, 6.45) is 8.74. The van der Waals surface area contributed by atoms with Gasteiger partial charge in [0.05, 0.1) is 6.20 Å². The SMILES string of the molecule is O=C(CCC1CCCCC1)Nc1[nH]ncc1C(=O)O. The highest BCUT2D eigenvalue weighted by atomic mass is 16.4. The van der Waals surface area contributed by atoms with Gasteiger partial charge in [0.15, 0.2) is 0 Å². The van der Waals surface area contributed by atoms with Crippen molar-refractivity contribution in [2.45, 2.75) is 44.9 Å². The van der Waals surface area contributed by atoms with Crippen LogP contribution in [-0.4, -0.2) is 27.2 Å². The number of nitrogens with zero attached hydrogens (tertiary/aromatic N) is 1. The second-order valence-corrected chi connectivity index (χ2v) is 5.05. The van der Waals surface area contributed by atoms with E-state index in [0.29, 0.717) is 12.3 Å². The lowest BCUT2D eigenvalue weighted by Gasteiger charge is -2.20. The van der Waals surface area contributed by atoms with Gasteiger partial charge in [-0.15, -0.1) is 0 Å². The quantitative estimate of drug-likeness (QED) is 0.761. The molecule has 0 spiro atoms. The van der Waals surface area contributed by atoms with Gasteiger partial charge in [-0.2, -0.15) is 5.10 Å². The summed E-state index contributed by atoms with van der Waals surface area (Å²) < 4.78 is 0. The molecule has 0 saturated heterocycles. The van der Waals surface area contributed by atoms with Crippen molar-refractivity contribution < 1.29 is 14.7 Å². The summed E-state index contributed by atoms with van der Waals surface area (Å²) in [6, 6.07) is 0. The summed E-state index contributed by atoms with van der Waals surface area (Å²) in [7, 11) is 0. The van der Waals surface area contributed by atoms with Gasteiger partial charge in [0, 0.05) is 6.42 Å². The number of carboxylic acids is 1. The Hall–Kier alpha value is -1.85. The Balaban J connectivity index is 1.80. The maximum Gasteiger partial charge on any atom is 0.341 e. The summed E-state index contributed by atoms with van der Waals surface area (Å²) in [6.45, 7) is 0. The van der Waals surface area contributed by atoms with Crippen molar-refractivity contribution in [3.05, 3.63) is 11.8 Å². The first-order chi connectivity index (χ1) is 9.16. The Bertz CT molecular complexity index is 450. The number of aromatic carboxylic acids is 1. The molecule has 19 heavy (non-hydrogen) atoms. The summed E-state index contributed by atoms with van der Waals surface area (Å²) in [5, 5.41) is 17.6. The van der Waals surface area contributed by atoms with Gasteiger partial charge < -0.3 is 10.4 Å². The van der Waals surface area contributed by atoms with E-state index < -0.39 is 5.97 Å². The molecule has 2 rings (SSSR count). The minimum Gasteiger partial charge on any atom is -0.477 e. The average Bonchev–Trinajstić information content (AvgIpc) is 2.86. The first kappa shape index (κ1) is 13.6. The fraction of sp³-hybridized carbons (Fsp3) is 0.615. The predicted octanol–water partition coefficient (Wildman–Crippen LogP) is 2.41. The number of aromatic nitrogens is 2. The van der Waals surface area contributed by atoms with Gasteiger partial charge in [-0.05, 0) is 12.3 Å². The van der Waals surface area contributed by atoms with Gasteiger partial charge in [-0.1, -0.05) is 32.1 Å².